The third kappa shape index (κ3) is 2.27. The summed E-state index contributed by atoms with van der Waals surface area (Å²) in [5.74, 6) is 0.619. The highest BCUT2D eigenvalue weighted by Gasteiger charge is 2.13. The molecule has 1 aliphatic heterocycles. The summed E-state index contributed by atoms with van der Waals surface area (Å²) >= 11 is 0. The molecule has 1 amide bonds. The fourth-order valence-electron chi connectivity index (χ4n) is 1.64. The van der Waals surface area contributed by atoms with Crippen LogP contribution in [-0.4, -0.2) is 49.3 Å². The van der Waals surface area contributed by atoms with Crippen LogP contribution in [0.5, 0.6) is 0 Å². The number of carbonyl (C=O) groups excluding carboxylic acids is 1. The van der Waals surface area contributed by atoms with Gasteiger partial charge in [-0.15, -0.1) is 10.2 Å². The van der Waals surface area contributed by atoms with E-state index in [1.165, 1.54) is 0 Å². The molecule has 86 valence electrons. The first-order chi connectivity index (χ1) is 7.81. The molecule has 0 aromatic carbocycles. The summed E-state index contributed by atoms with van der Waals surface area (Å²) in [6.45, 7) is 3.76. The van der Waals surface area contributed by atoms with Gasteiger partial charge in [-0.1, -0.05) is 0 Å². The summed E-state index contributed by atoms with van der Waals surface area (Å²) in [6, 6.07) is 3.53. The van der Waals surface area contributed by atoms with Crippen LogP contribution in [0.25, 0.3) is 0 Å². The topological polar surface area (TPSA) is 70.2 Å². The van der Waals surface area contributed by atoms with E-state index in [9.17, 15) is 4.79 Å². The zero-order chi connectivity index (χ0) is 11.4. The van der Waals surface area contributed by atoms with Crippen molar-refractivity contribution in [2.75, 3.05) is 38.1 Å². The Balaban J connectivity index is 2.09. The van der Waals surface area contributed by atoms with Gasteiger partial charge in [-0.25, -0.2) is 0 Å². The molecular weight excluding hydrogens is 206 g/mol. The van der Waals surface area contributed by atoms with E-state index in [0.29, 0.717) is 5.69 Å². The molecule has 0 unspecified atom stereocenters. The zero-order valence-electron chi connectivity index (χ0n) is 9.23. The van der Waals surface area contributed by atoms with Gasteiger partial charge < -0.3 is 15.5 Å². The number of anilines is 1. The Hall–Kier alpha value is -1.69. The Bertz CT molecular complexity index is 358. The van der Waals surface area contributed by atoms with Gasteiger partial charge in [0.1, 0.15) is 0 Å². The minimum atomic E-state index is -0.209. The molecule has 0 aliphatic carbocycles. The number of piperazine rings is 1. The molecule has 0 saturated carbocycles. The van der Waals surface area contributed by atoms with Crippen LogP contribution >= 0.6 is 0 Å². The van der Waals surface area contributed by atoms with Crippen molar-refractivity contribution in [1.82, 2.24) is 20.8 Å². The largest absolute Gasteiger partial charge is 0.354 e. The van der Waals surface area contributed by atoms with E-state index < -0.39 is 0 Å². The van der Waals surface area contributed by atoms with Crippen LogP contribution in [0.15, 0.2) is 12.1 Å². The highest BCUT2D eigenvalue weighted by molar-refractivity contribution is 5.91. The standard InChI is InChI=1S/C10H15N5O/c1-11-10(16)8-2-3-9(14-13-8)15-6-4-12-5-7-15/h2-3,12H,4-7H2,1H3,(H,11,16). The van der Waals surface area contributed by atoms with Crippen LogP contribution < -0.4 is 15.5 Å². The summed E-state index contributed by atoms with van der Waals surface area (Å²) in [6.07, 6.45) is 0. The monoisotopic (exact) mass is 221 g/mol. The van der Waals surface area contributed by atoms with E-state index in [2.05, 4.69) is 25.7 Å². The number of rotatable bonds is 2. The lowest BCUT2D eigenvalue weighted by atomic mass is 10.3. The Kier molecular flexibility index (Phi) is 3.31. The maximum Gasteiger partial charge on any atom is 0.271 e. The lowest BCUT2D eigenvalue weighted by Gasteiger charge is -2.27. The third-order valence-corrected chi connectivity index (χ3v) is 2.55. The normalized spacial score (nSPS) is 15.9. The average molecular weight is 221 g/mol. The summed E-state index contributed by atoms with van der Waals surface area (Å²) < 4.78 is 0. The second kappa shape index (κ2) is 4.89. The molecule has 2 rings (SSSR count). The number of carbonyl (C=O) groups is 1. The van der Waals surface area contributed by atoms with Crippen LogP contribution in [0.3, 0.4) is 0 Å². The molecule has 1 aromatic heterocycles. The van der Waals surface area contributed by atoms with Crippen molar-refractivity contribution in [3.05, 3.63) is 17.8 Å². The number of nitrogens with zero attached hydrogens (tertiary/aromatic N) is 3. The van der Waals surface area contributed by atoms with Gasteiger partial charge in [0, 0.05) is 33.2 Å². The highest BCUT2D eigenvalue weighted by atomic mass is 16.1. The van der Waals surface area contributed by atoms with E-state index in [1.54, 1.807) is 13.1 Å². The Morgan fingerprint density at radius 2 is 2.12 bits per heavy atom. The van der Waals surface area contributed by atoms with Gasteiger partial charge in [-0.05, 0) is 12.1 Å². The molecule has 0 atom stereocenters. The maximum absolute atomic E-state index is 11.3. The molecule has 6 heteroatoms. The van der Waals surface area contributed by atoms with Crippen molar-refractivity contribution in [2.45, 2.75) is 0 Å². The number of aromatic nitrogens is 2. The van der Waals surface area contributed by atoms with E-state index in [1.807, 2.05) is 6.07 Å². The Morgan fingerprint density at radius 3 is 2.69 bits per heavy atom. The van der Waals surface area contributed by atoms with Gasteiger partial charge in [0.25, 0.3) is 5.91 Å². The summed E-state index contributed by atoms with van der Waals surface area (Å²) in [5.41, 5.74) is 0.349. The van der Waals surface area contributed by atoms with Gasteiger partial charge in [0.05, 0.1) is 0 Å². The zero-order valence-corrected chi connectivity index (χ0v) is 9.23. The molecule has 0 bridgehead atoms. The highest BCUT2D eigenvalue weighted by Crippen LogP contribution is 2.09. The van der Waals surface area contributed by atoms with Gasteiger partial charge in [-0.3, -0.25) is 4.79 Å². The minimum absolute atomic E-state index is 0.209. The first-order valence-electron chi connectivity index (χ1n) is 5.33. The van der Waals surface area contributed by atoms with E-state index >= 15 is 0 Å². The van der Waals surface area contributed by atoms with Crippen molar-refractivity contribution in [3.63, 3.8) is 0 Å². The Morgan fingerprint density at radius 1 is 1.38 bits per heavy atom. The molecule has 0 radical (unpaired) electrons. The van der Waals surface area contributed by atoms with Crippen molar-refractivity contribution in [1.29, 1.82) is 0 Å². The van der Waals surface area contributed by atoms with Gasteiger partial charge in [0.2, 0.25) is 0 Å². The van der Waals surface area contributed by atoms with Crippen molar-refractivity contribution in [3.8, 4) is 0 Å². The molecule has 2 N–H and O–H groups in total. The fourth-order valence-corrected chi connectivity index (χ4v) is 1.64. The molecule has 1 fully saturated rings. The minimum Gasteiger partial charge on any atom is -0.354 e. The number of hydrogen-bond acceptors (Lipinski definition) is 5. The van der Waals surface area contributed by atoms with Gasteiger partial charge >= 0.3 is 0 Å². The number of hydrogen-bond donors (Lipinski definition) is 2. The maximum atomic E-state index is 11.3. The SMILES string of the molecule is CNC(=O)c1ccc(N2CCNCC2)nn1. The first kappa shape index (κ1) is 10.8. The second-order valence-corrected chi connectivity index (χ2v) is 3.59. The van der Waals surface area contributed by atoms with Crippen molar-refractivity contribution >= 4 is 11.7 Å². The third-order valence-electron chi connectivity index (χ3n) is 2.55. The van der Waals surface area contributed by atoms with Crippen LogP contribution in [-0.2, 0) is 0 Å². The van der Waals surface area contributed by atoms with Gasteiger partial charge in [-0.2, -0.15) is 0 Å². The second-order valence-electron chi connectivity index (χ2n) is 3.59. The molecule has 6 nitrogen and oxygen atoms in total. The van der Waals surface area contributed by atoms with Crippen molar-refractivity contribution in [2.24, 2.45) is 0 Å². The van der Waals surface area contributed by atoms with E-state index in [0.717, 1.165) is 32.0 Å². The number of amides is 1. The Labute approximate surface area is 94.0 Å². The quantitative estimate of drug-likeness (QED) is 0.687. The van der Waals surface area contributed by atoms with Crippen LogP contribution in [0.1, 0.15) is 10.5 Å². The molecule has 16 heavy (non-hydrogen) atoms. The van der Waals surface area contributed by atoms with E-state index in [4.69, 9.17) is 0 Å². The van der Waals surface area contributed by atoms with Crippen molar-refractivity contribution < 1.29 is 4.79 Å². The molecule has 1 aromatic rings. The summed E-state index contributed by atoms with van der Waals surface area (Å²) in [7, 11) is 1.58. The lowest BCUT2D eigenvalue weighted by Crippen LogP contribution is -2.44. The summed E-state index contributed by atoms with van der Waals surface area (Å²) in [5, 5.41) is 13.7. The van der Waals surface area contributed by atoms with E-state index in [-0.39, 0.29) is 5.91 Å². The lowest BCUT2D eigenvalue weighted by molar-refractivity contribution is 0.0957. The summed E-state index contributed by atoms with van der Waals surface area (Å²) in [4.78, 5) is 13.4. The smallest absolute Gasteiger partial charge is 0.271 e. The van der Waals surface area contributed by atoms with Crippen LogP contribution in [0.4, 0.5) is 5.82 Å². The average Bonchev–Trinajstić information content (AvgIpc) is 2.39. The first-order valence-corrected chi connectivity index (χ1v) is 5.33. The molecular formula is C10H15N5O. The predicted molar refractivity (Wildman–Crippen MR) is 60.5 cm³/mol. The molecule has 0 spiro atoms. The molecule has 1 saturated heterocycles. The fraction of sp³-hybridized carbons (Fsp3) is 0.500. The van der Waals surface area contributed by atoms with Crippen LogP contribution in [0.2, 0.25) is 0 Å². The van der Waals surface area contributed by atoms with Crippen LogP contribution in [0, 0.1) is 0 Å². The molecule has 2 heterocycles. The molecule has 1 aliphatic rings. The predicted octanol–water partition coefficient (Wildman–Crippen LogP) is -0.754. The van der Waals surface area contributed by atoms with Gasteiger partial charge in [0.15, 0.2) is 11.5 Å². The number of nitrogens with one attached hydrogen (secondary N) is 2.